The van der Waals surface area contributed by atoms with E-state index in [-0.39, 0.29) is 5.54 Å². The zero-order valence-corrected chi connectivity index (χ0v) is 12.0. The Labute approximate surface area is 115 Å². The molecule has 0 radical (unpaired) electrons. The largest absolute Gasteiger partial charge is 0.332 e. The van der Waals surface area contributed by atoms with Gasteiger partial charge in [0.2, 0.25) is 0 Å². The van der Waals surface area contributed by atoms with Gasteiger partial charge in [0, 0.05) is 24.9 Å². The molecule has 1 aromatic rings. The summed E-state index contributed by atoms with van der Waals surface area (Å²) in [5, 5.41) is 12.9. The first-order chi connectivity index (χ1) is 9.24. The van der Waals surface area contributed by atoms with E-state index in [4.69, 9.17) is 0 Å². The van der Waals surface area contributed by atoms with Crippen LogP contribution < -0.4 is 5.32 Å². The number of imidazole rings is 1. The van der Waals surface area contributed by atoms with Gasteiger partial charge in [-0.05, 0) is 38.6 Å². The van der Waals surface area contributed by atoms with E-state index in [2.05, 4.69) is 41.0 Å². The molecule has 19 heavy (non-hydrogen) atoms. The molecule has 0 amide bonds. The lowest BCUT2D eigenvalue weighted by molar-refractivity contribution is 0.230. The average molecular weight is 260 g/mol. The first-order valence-electron chi connectivity index (χ1n) is 7.42. The van der Waals surface area contributed by atoms with Crippen molar-refractivity contribution in [3.05, 3.63) is 18.2 Å². The predicted molar refractivity (Wildman–Crippen MR) is 75.7 cm³/mol. The van der Waals surface area contributed by atoms with E-state index >= 15 is 0 Å². The monoisotopic (exact) mass is 260 g/mol. The highest BCUT2D eigenvalue weighted by Gasteiger charge is 2.36. The van der Waals surface area contributed by atoms with Crippen LogP contribution in [-0.4, -0.2) is 21.6 Å². The van der Waals surface area contributed by atoms with Gasteiger partial charge in [-0.15, -0.1) is 0 Å². The molecule has 0 spiro atoms. The molecule has 2 atom stereocenters. The van der Waals surface area contributed by atoms with Crippen molar-refractivity contribution in [2.45, 2.75) is 64.0 Å². The molecule has 2 rings (SSSR count). The van der Waals surface area contributed by atoms with Gasteiger partial charge in [0.15, 0.2) is 0 Å². The topological polar surface area (TPSA) is 53.6 Å². The summed E-state index contributed by atoms with van der Waals surface area (Å²) in [5.41, 5.74) is -0.342. The van der Waals surface area contributed by atoms with Crippen molar-refractivity contribution in [2.24, 2.45) is 0 Å². The molecular weight excluding hydrogens is 236 g/mol. The zero-order valence-electron chi connectivity index (χ0n) is 12.0. The van der Waals surface area contributed by atoms with Crippen LogP contribution in [-0.2, 0) is 6.42 Å². The number of hydrogen-bond acceptors (Lipinski definition) is 3. The summed E-state index contributed by atoms with van der Waals surface area (Å²) in [6.07, 6.45) is 10.2. The van der Waals surface area contributed by atoms with E-state index in [0.717, 1.165) is 50.9 Å². The first kappa shape index (κ1) is 14.1. The van der Waals surface area contributed by atoms with Gasteiger partial charge in [-0.3, -0.25) is 5.32 Å². The second-order valence-corrected chi connectivity index (χ2v) is 5.48. The second-order valence-electron chi connectivity index (χ2n) is 5.48. The van der Waals surface area contributed by atoms with Crippen molar-refractivity contribution in [3.63, 3.8) is 0 Å². The molecule has 2 unspecified atom stereocenters. The van der Waals surface area contributed by atoms with Gasteiger partial charge in [-0.2, -0.15) is 5.26 Å². The van der Waals surface area contributed by atoms with Crippen LogP contribution in [0.5, 0.6) is 0 Å². The summed E-state index contributed by atoms with van der Waals surface area (Å²) >= 11 is 0. The van der Waals surface area contributed by atoms with E-state index in [0.29, 0.717) is 6.04 Å². The molecular formula is C15H24N4. The molecule has 1 N–H and O–H groups in total. The highest BCUT2D eigenvalue weighted by molar-refractivity contribution is 5.11. The minimum Gasteiger partial charge on any atom is -0.332 e. The number of aromatic nitrogens is 2. The van der Waals surface area contributed by atoms with Gasteiger partial charge in [-0.1, -0.05) is 13.8 Å². The average Bonchev–Trinajstić information content (AvgIpc) is 2.88. The van der Waals surface area contributed by atoms with Crippen molar-refractivity contribution in [1.82, 2.24) is 14.9 Å². The van der Waals surface area contributed by atoms with Gasteiger partial charge in [0.25, 0.3) is 0 Å². The van der Waals surface area contributed by atoms with Crippen molar-refractivity contribution in [1.29, 1.82) is 5.26 Å². The quantitative estimate of drug-likeness (QED) is 0.885. The summed E-state index contributed by atoms with van der Waals surface area (Å²) < 4.78 is 2.30. The van der Waals surface area contributed by atoms with E-state index in [1.807, 2.05) is 6.20 Å². The Morgan fingerprint density at radius 2 is 2.42 bits per heavy atom. The van der Waals surface area contributed by atoms with Crippen LogP contribution in [0.4, 0.5) is 0 Å². The highest BCUT2D eigenvalue weighted by Crippen LogP contribution is 2.35. The summed E-state index contributed by atoms with van der Waals surface area (Å²) in [5.74, 6) is 1.16. The molecule has 1 aromatic heterocycles. The maximum atomic E-state index is 9.52. The normalized spacial score (nSPS) is 27.1. The maximum absolute atomic E-state index is 9.52. The third kappa shape index (κ3) is 2.98. The number of nitriles is 1. The van der Waals surface area contributed by atoms with Crippen molar-refractivity contribution in [2.75, 3.05) is 6.54 Å². The molecule has 4 nitrogen and oxygen atoms in total. The molecule has 0 aliphatic heterocycles. The Hall–Kier alpha value is -1.34. The van der Waals surface area contributed by atoms with Crippen LogP contribution in [0, 0.1) is 11.3 Å². The lowest BCUT2D eigenvalue weighted by Gasteiger charge is -2.37. The highest BCUT2D eigenvalue weighted by atomic mass is 15.1. The Morgan fingerprint density at radius 3 is 3.11 bits per heavy atom. The third-order valence-corrected chi connectivity index (χ3v) is 4.07. The van der Waals surface area contributed by atoms with Crippen molar-refractivity contribution < 1.29 is 0 Å². The van der Waals surface area contributed by atoms with Crippen LogP contribution in [0.2, 0.25) is 0 Å². The number of hydrogen-bond donors (Lipinski definition) is 1. The number of nitrogens with zero attached hydrogens (tertiary/aromatic N) is 3. The molecule has 0 aromatic carbocycles. The van der Waals surface area contributed by atoms with Crippen LogP contribution in [0.15, 0.2) is 12.4 Å². The Morgan fingerprint density at radius 1 is 1.58 bits per heavy atom. The summed E-state index contributed by atoms with van der Waals surface area (Å²) in [6, 6.07) is 2.93. The first-order valence-corrected chi connectivity index (χ1v) is 7.42. The Bertz CT molecular complexity index is 441. The molecule has 1 heterocycles. The fourth-order valence-electron chi connectivity index (χ4n) is 3.22. The molecule has 1 aliphatic carbocycles. The SMILES string of the molecule is CCCc1nccn1C1CCCC(C#N)(NCC)C1. The van der Waals surface area contributed by atoms with E-state index in [1.54, 1.807) is 0 Å². The molecule has 1 aliphatic rings. The Balaban J connectivity index is 2.16. The van der Waals surface area contributed by atoms with Gasteiger partial charge < -0.3 is 4.57 Å². The molecule has 0 bridgehead atoms. The molecule has 0 saturated heterocycles. The summed E-state index contributed by atoms with van der Waals surface area (Å²) in [4.78, 5) is 4.46. The minimum absolute atomic E-state index is 0.342. The smallest absolute Gasteiger partial charge is 0.108 e. The van der Waals surface area contributed by atoms with Crippen LogP contribution in [0.1, 0.15) is 57.8 Å². The number of aryl methyl sites for hydroxylation is 1. The second kappa shape index (κ2) is 6.21. The van der Waals surface area contributed by atoms with Crippen molar-refractivity contribution >= 4 is 0 Å². The molecule has 4 heteroatoms. The number of nitrogens with one attached hydrogen (secondary N) is 1. The van der Waals surface area contributed by atoms with Gasteiger partial charge in [0.1, 0.15) is 11.4 Å². The summed E-state index contributed by atoms with van der Waals surface area (Å²) in [6.45, 7) is 5.10. The molecule has 1 saturated carbocycles. The lowest BCUT2D eigenvalue weighted by atomic mass is 9.79. The number of rotatable bonds is 5. The fourth-order valence-corrected chi connectivity index (χ4v) is 3.22. The minimum atomic E-state index is -0.342. The third-order valence-electron chi connectivity index (χ3n) is 4.07. The zero-order chi connectivity index (χ0) is 13.7. The Kier molecular flexibility index (Phi) is 4.60. The van der Waals surface area contributed by atoms with Gasteiger partial charge in [0.05, 0.1) is 6.07 Å². The summed E-state index contributed by atoms with van der Waals surface area (Å²) in [7, 11) is 0. The maximum Gasteiger partial charge on any atom is 0.108 e. The van der Waals surface area contributed by atoms with Gasteiger partial charge >= 0.3 is 0 Å². The van der Waals surface area contributed by atoms with Crippen LogP contribution >= 0.6 is 0 Å². The van der Waals surface area contributed by atoms with Crippen LogP contribution in [0.3, 0.4) is 0 Å². The molecule has 1 fully saturated rings. The van der Waals surface area contributed by atoms with E-state index < -0.39 is 0 Å². The lowest BCUT2D eigenvalue weighted by Crippen LogP contribution is -2.47. The fraction of sp³-hybridized carbons (Fsp3) is 0.733. The van der Waals surface area contributed by atoms with E-state index in [9.17, 15) is 5.26 Å². The van der Waals surface area contributed by atoms with E-state index in [1.165, 1.54) is 0 Å². The predicted octanol–water partition coefficient (Wildman–Crippen LogP) is 2.82. The van der Waals surface area contributed by atoms with Crippen LogP contribution in [0.25, 0.3) is 0 Å². The van der Waals surface area contributed by atoms with Crippen molar-refractivity contribution in [3.8, 4) is 6.07 Å². The molecule has 104 valence electrons. The van der Waals surface area contributed by atoms with Gasteiger partial charge in [-0.25, -0.2) is 4.98 Å². The standard InChI is InChI=1S/C15H24N4/c1-3-6-14-17-9-10-19(14)13-7-5-8-15(11-13,12-16)18-4-2/h9-10,13,18H,3-8,11H2,1-2H3.